The first-order valence-electron chi connectivity index (χ1n) is 7.66. The minimum absolute atomic E-state index is 0.115. The Labute approximate surface area is 149 Å². The summed E-state index contributed by atoms with van der Waals surface area (Å²) >= 11 is 1.33. The van der Waals surface area contributed by atoms with Crippen LogP contribution < -0.4 is 15.4 Å². The fourth-order valence-electron chi connectivity index (χ4n) is 2.12. The van der Waals surface area contributed by atoms with E-state index in [0.717, 1.165) is 0 Å². The quantitative estimate of drug-likeness (QED) is 0.707. The number of carbonyl (C=O) groups excluding carboxylic acids is 2. The maximum Gasteiger partial charge on any atom is 0.261 e. The first kappa shape index (κ1) is 16.7. The predicted molar refractivity (Wildman–Crippen MR) is 98.2 cm³/mol. The van der Waals surface area contributed by atoms with E-state index in [1.807, 2.05) is 41.8 Å². The zero-order valence-electron chi connectivity index (χ0n) is 13.3. The van der Waals surface area contributed by atoms with Crippen LogP contribution in [-0.4, -0.2) is 18.4 Å². The molecule has 0 bridgehead atoms. The van der Waals surface area contributed by atoms with Crippen LogP contribution in [0, 0.1) is 0 Å². The SMILES string of the molecule is O=C(CNC(=O)c1cccs1)Nc1ccccc1Oc1ccccc1. The Hall–Kier alpha value is -3.12. The summed E-state index contributed by atoms with van der Waals surface area (Å²) in [5.41, 5.74) is 0.543. The van der Waals surface area contributed by atoms with Gasteiger partial charge in [0.15, 0.2) is 5.75 Å². The number of anilines is 1. The van der Waals surface area contributed by atoms with Crippen molar-refractivity contribution in [2.45, 2.75) is 0 Å². The molecular formula is C19H16N2O3S. The minimum atomic E-state index is -0.325. The molecule has 25 heavy (non-hydrogen) atoms. The highest BCUT2D eigenvalue weighted by molar-refractivity contribution is 7.12. The van der Waals surface area contributed by atoms with Crippen LogP contribution in [-0.2, 0) is 4.79 Å². The lowest BCUT2D eigenvalue weighted by molar-refractivity contribution is -0.115. The number of carbonyl (C=O) groups is 2. The van der Waals surface area contributed by atoms with Crippen molar-refractivity contribution in [3.63, 3.8) is 0 Å². The topological polar surface area (TPSA) is 67.4 Å². The fraction of sp³-hybridized carbons (Fsp3) is 0.0526. The monoisotopic (exact) mass is 352 g/mol. The number of hydrogen-bond acceptors (Lipinski definition) is 4. The lowest BCUT2D eigenvalue weighted by Crippen LogP contribution is -2.32. The molecular weight excluding hydrogens is 336 g/mol. The van der Waals surface area contributed by atoms with Crippen LogP contribution in [0.15, 0.2) is 72.1 Å². The van der Waals surface area contributed by atoms with Crippen LogP contribution in [0.1, 0.15) is 9.67 Å². The Kier molecular flexibility index (Phi) is 5.43. The molecule has 3 rings (SSSR count). The van der Waals surface area contributed by atoms with Crippen LogP contribution >= 0.6 is 11.3 Å². The van der Waals surface area contributed by atoms with E-state index in [-0.39, 0.29) is 18.4 Å². The van der Waals surface area contributed by atoms with Gasteiger partial charge in [0.25, 0.3) is 5.91 Å². The molecule has 1 aromatic heterocycles. The average Bonchev–Trinajstić information content (AvgIpc) is 3.17. The molecule has 0 aliphatic carbocycles. The molecule has 0 unspecified atom stereocenters. The van der Waals surface area contributed by atoms with Gasteiger partial charge in [-0.1, -0.05) is 36.4 Å². The molecule has 0 radical (unpaired) electrons. The standard InChI is InChI=1S/C19H16N2O3S/c22-18(13-20-19(23)17-11-6-12-25-17)21-15-9-4-5-10-16(15)24-14-7-2-1-3-8-14/h1-12H,13H2,(H,20,23)(H,21,22). The molecule has 126 valence electrons. The van der Waals surface area contributed by atoms with Crippen LogP contribution in [0.5, 0.6) is 11.5 Å². The molecule has 1 heterocycles. The van der Waals surface area contributed by atoms with Crippen molar-refractivity contribution in [3.05, 3.63) is 77.0 Å². The Morgan fingerprint density at radius 3 is 2.44 bits per heavy atom. The van der Waals surface area contributed by atoms with E-state index in [2.05, 4.69) is 10.6 Å². The van der Waals surface area contributed by atoms with E-state index >= 15 is 0 Å². The van der Waals surface area contributed by atoms with Crippen molar-refractivity contribution in [1.82, 2.24) is 5.32 Å². The lowest BCUT2D eigenvalue weighted by atomic mass is 10.3. The third-order valence-electron chi connectivity index (χ3n) is 3.29. The number of ether oxygens (including phenoxy) is 1. The molecule has 0 atom stereocenters. The summed E-state index contributed by atoms with van der Waals surface area (Å²) in [4.78, 5) is 24.5. The first-order chi connectivity index (χ1) is 12.2. The molecule has 0 saturated carbocycles. The van der Waals surface area contributed by atoms with Gasteiger partial charge < -0.3 is 15.4 Å². The molecule has 0 aliphatic heterocycles. The van der Waals surface area contributed by atoms with Gasteiger partial charge in [-0.3, -0.25) is 9.59 Å². The smallest absolute Gasteiger partial charge is 0.261 e. The van der Waals surface area contributed by atoms with Crippen LogP contribution in [0.25, 0.3) is 0 Å². The van der Waals surface area contributed by atoms with Gasteiger partial charge in [0.1, 0.15) is 5.75 Å². The van der Waals surface area contributed by atoms with Crippen LogP contribution in [0.3, 0.4) is 0 Å². The highest BCUT2D eigenvalue weighted by atomic mass is 32.1. The zero-order valence-corrected chi connectivity index (χ0v) is 14.1. The van der Waals surface area contributed by atoms with E-state index in [1.54, 1.807) is 30.3 Å². The second-order valence-electron chi connectivity index (χ2n) is 5.12. The maximum absolute atomic E-state index is 12.1. The Bertz CT molecular complexity index is 848. The van der Waals surface area contributed by atoms with Crippen molar-refractivity contribution >= 4 is 28.8 Å². The number of para-hydroxylation sites is 3. The third-order valence-corrected chi connectivity index (χ3v) is 4.16. The second kappa shape index (κ2) is 8.12. The molecule has 3 aromatic rings. The lowest BCUT2D eigenvalue weighted by Gasteiger charge is -2.12. The minimum Gasteiger partial charge on any atom is -0.455 e. The average molecular weight is 352 g/mol. The van der Waals surface area contributed by atoms with Crippen LogP contribution in [0.4, 0.5) is 5.69 Å². The summed E-state index contributed by atoms with van der Waals surface area (Å²) in [6, 6.07) is 20.0. The summed E-state index contributed by atoms with van der Waals surface area (Å²) < 4.78 is 5.79. The summed E-state index contributed by atoms with van der Waals surface area (Å²) in [5, 5.41) is 7.16. The normalized spacial score (nSPS) is 10.1. The molecule has 0 fully saturated rings. The van der Waals surface area contributed by atoms with Crippen molar-refractivity contribution in [2.24, 2.45) is 0 Å². The fourth-order valence-corrected chi connectivity index (χ4v) is 2.76. The number of rotatable bonds is 6. The zero-order chi connectivity index (χ0) is 17.5. The molecule has 6 heteroatoms. The van der Waals surface area contributed by atoms with Gasteiger partial charge in [0.05, 0.1) is 17.1 Å². The molecule has 0 saturated heterocycles. The maximum atomic E-state index is 12.1. The van der Waals surface area contributed by atoms with E-state index in [4.69, 9.17) is 4.74 Å². The molecule has 2 amide bonds. The van der Waals surface area contributed by atoms with E-state index in [0.29, 0.717) is 22.1 Å². The largest absolute Gasteiger partial charge is 0.455 e. The molecule has 0 spiro atoms. The van der Waals surface area contributed by atoms with Gasteiger partial charge in [-0.05, 0) is 35.7 Å². The van der Waals surface area contributed by atoms with E-state index < -0.39 is 0 Å². The van der Waals surface area contributed by atoms with Gasteiger partial charge in [0, 0.05) is 0 Å². The molecule has 2 N–H and O–H groups in total. The van der Waals surface area contributed by atoms with Crippen molar-refractivity contribution in [2.75, 3.05) is 11.9 Å². The van der Waals surface area contributed by atoms with Crippen molar-refractivity contribution in [1.29, 1.82) is 0 Å². The molecule has 2 aromatic carbocycles. The summed E-state index contributed by atoms with van der Waals surface area (Å²) in [7, 11) is 0. The summed E-state index contributed by atoms with van der Waals surface area (Å²) in [5.74, 6) is 0.620. The highest BCUT2D eigenvalue weighted by Gasteiger charge is 2.11. The van der Waals surface area contributed by atoms with Gasteiger partial charge >= 0.3 is 0 Å². The number of thiophene rings is 1. The Balaban J connectivity index is 1.60. The van der Waals surface area contributed by atoms with E-state index in [1.165, 1.54) is 11.3 Å². The molecule has 0 aliphatic rings. The van der Waals surface area contributed by atoms with Gasteiger partial charge in [-0.15, -0.1) is 11.3 Å². The summed E-state index contributed by atoms with van der Waals surface area (Å²) in [6.45, 7) is -0.115. The van der Waals surface area contributed by atoms with Crippen molar-refractivity contribution in [3.8, 4) is 11.5 Å². The van der Waals surface area contributed by atoms with Gasteiger partial charge in [0.2, 0.25) is 5.91 Å². The van der Waals surface area contributed by atoms with Crippen molar-refractivity contribution < 1.29 is 14.3 Å². The number of amides is 2. The highest BCUT2D eigenvalue weighted by Crippen LogP contribution is 2.28. The number of nitrogens with one attached hydrogen (secondary N) is 2. The second-order valence-corrected chi connectivity index (χ2v) is 6.07. The summed E-state index contributed by atoms with van der Waals surface area (Å²) in [6.07, 6.45) is 0. The van der Waals surface area contributed by atoms with E-state index in [9.17, 15) is 9.59 Å². The Morgan fingerprint density at radius 2 is 1.68 bits per heavy atom. The predicted octanol–water partition coefficient (Wildman–Crippen LogP) is 3.91. The third kappa shape index (κ3) is 4.68. The van der Waals surface area contributed by atoms with Gasteiger partial charge in [-0.2, -0.15) is 0 Å². The molecule has 5 nitrogen and oxygen atoms in total. The Morgan fingerprint density at radius 1 is 0.920 bits per heavy atom. The first-order valence-corrected chi connectivity index (χ1v) is 8.54. The number of benzene rings is 2. The van der Waals surface area contributed by atoms with Crippen LogP contribution in [0.2, 0.25) is 0 Å². The number of hydrogen-bond donors (Lipinski definition) is 2. The van der Waals surface area contributed by atoms with Gasteiger partial charge in [-0.25, -0.2) is 0 Å².